The lowest BCUT2D eigenvalue weighted by Crippen LogP contribution is -2.59. The second kappa shape index (κ2) is 10.7. The summed E-state index contributed by atoms with van der Waals surface area (Å²) in [6.07, 6.45) is 9.37. The summed E-state index contributed by atoms with van der Waals surface area (Å²) in [5, 5.41) is 6.41. The molecule has 216 valence electrons. The first kappa shape index (κ1) is 26.4. The lowest BCUT2D eigenvalue weighted by molar-refractivity contribution is -0.136. The molecule has 4 saturated carbocycles. The molecule has 1 atom stereocenters. The normalized spacial score (nSPS) is 33.9. The molecule has 4 bridgehead atoms. The van der Waals surface area contributed by atoms with E-state index < -0.39 is 6.04 Å². The zero-order valence-electron chi connectivity index (χ0n) is 23.5. The number of nitrogens with one attached hydrogen (secondary N) is 2. The van der Waals surface area contributed by atoms with Crippen LogP contribution in [0.1, 0.15) is 67.3 Å². The Morgan fingerprint density at radius 3 is 2.27 bits per heavy atom. The molecule has 7 aliphatic rings. The van der Waals surface area contributed by atoms with Crippen LogP contribution in [0, 0.1) is 17.8 Å². The van der Waals surface area contributed by atoms with Crippen molar-refractivity contribution in [3.63, 3.8) is 0 Å². The molecule has 8 rings (SSSR count). The van der Waals surface area contributed by atoms with Crippen LogP contribution in [0.15, 0.2) is 18.2 Å². The minimum Gasteiger partial charge on any atom is -0.492 e. The molecule has 9 heteroatoms. The zero-order valence-corrected chi connectivity index (χ0v) is 23.5. The van der Waals surface area contributed by atoms with Gasteiger partial charge in [0.1, 0.15) is 18.4 Å². The van der Waals surface area contributed by atoms with E-state index in [1.165, 1.54) is 38.5 Å². The molecular formula is C31H43N5O4. The number of rotatable bonds is 9. The third-order valence-electron chi connectivity index (χ3n) is 10.6. The average molecular weight is 550 g/mol. The fourth-order valence-corrected chi connectivity index (χ4v) is 9.02. The molecule has 9 nitrogen and oxygen atoms in total. The highest BCUT2D eigenvalue weighted by Crippen LogP contribution is 2.55. The van der Waals surface area contributed by atoms with E-state index in [1.807, 2.05) is 12.1 Å². The van der Waals surface area contributed by atoms with Gasteiger partial charge in [0, 0.05) is 68.9 Å². The Balaban J connectivity index is 0.847. The van der Waals surface area contributed by atoms with Crippen LogP contribution in [0.5, 0.6) is 5.75 Å². The van der Waals surface area contributed by atoms with E-state index in [9.17, 15) is 14.4 Å². The SMILES string of the molecule is O=C1CCC(N2Cc3c(OCCN4CCN(CCNC56CC7CC(CC(C7)C5)C6)CC4)cccc3C2=O)C(=O)N1. The van der Waals surface area contributed by atoms with Crippen molar-refractivity contribution in [2.75, 3.05) is 52.4 Å². The standard InChI is InChI=1S/C31H43N5O4/c37-28-5-4-26(29(38)33-28)36-20-25-24(30(36)39)2-1-3-27(25)40-13-12-35-10-8-34(9-11-35)7-6-32-31-17-21-14-22(18-31)16-23(15-21)19-31/h1-3,21-23,26,32H,4-20H2,(H,33,37,38). The Hall–Kier alpha value is -2.49. The number of carbonyl (C=O) groups excluding carboxylic acids is 3. The molecule has 2 saturated heterocycles. The second-order valence-electron chi connectivity index (χ2n) is 13.3. The van der Waals surface area contributed by atoms with Crippen LogP contribution in [-0.2, 0) is 16.1 Å². The zero-order chi connectivity index (χ0) is 27.3. The van der Waals surface area contributed by atoms with Gasteiger partial charge in [-0.15, -0.1) is 0 Å². The Labute approximate surface area is 236 Å². The number of carbonyl (C=O) groups is 3. The van der Waals surface area contributed by atoms with Gasteiger partial charge >= 0.3 is 0 Å². The number of benzene rings is 1. The minimum atomic E-state index is -0.607. The van der Waals surface area contributed by atoms with Gasteiger partial charge in [0.05, 0.1) is 6.54 Å². The molecule has 1 aromatic rings. The van der Waals surface area contributed by atoms with Crippen molar-refractivity contribution in [1.29, 1.82) is 0 Å². The molecule has 0 aromatic heterocycles. The Morgan fingerprint density at radius 2 is 1.60 bits per heavy atom. The number of hydrogen-bond donors (Lipinski definition) is 2. The molecule has 0 radical (unpaired) electrons. The van der Waals surface area contributed by atoms with Crippen LogP contribution in [0.2, 0.25) is 0 Å². The van der Waals surface area contributed by atoms with E-state index >= 15 is 0 Å². The molecule has 1 unspecified atom stereocenters. The van der Waals surface area contributed by atoms with Gasteiger partial charge in [-0.2, -0.15) is 0 Å². The first-order chi connectivity index (χ1) is 19.4. The summed E-state index contributed by atoms with van der Waals surface area (Å²) in [5.74, 6) is 2.87. The highest BCUT2D eigenvalue weighted by atomic mass is 16.5. The van der Waals surface area contributed by atoms with Crippen LogP contribution in [0.3, 0.4) is 0 Å². The molecular weight excluding hydrogens is 506 g/mol. The molecule has 1 aromatic carbocycles. The highest BCUT2D eigenvalue weighted by molar-refractivity contribution is 6.05. The summed E-state index contributed by atoms with van der Waals surface area (Å²) >= 11 is 0. The summed E-state index contributed by atoms with van der Waals surface area (Å²) in [6.45, 7) is 8.31. The predicted molar refractivity (Wildman–Crippen MR) is 150 cm³/mol. The van der Waals surface area contributed by atoms with Crippen molar-refractivity contribution in [1.82, 2.24) is 25.3 Å². The summed E-state index contributed by atoms with van der Waals surface area (Å²) in [5.41, 5.74) is 1.89. The number of imide groups is 1. The number of hydrogen-bond acceptors (Lipinski definition) is 7. The Morgan fingerprint density at radius 1 is 0.925 bits per heavy atom. The topological polar surface area (TPSA) is 94.2 Å². The first-order valence-electron chi connectivity index (χ1n) is 15.5. The second-order valence-corrected chi connectivity index (χ2v) is 13.3. The van der Waals surface area contributed by atoms with Crippen LogP contribution < -0.4 is 15.4 Å². The number of piperidine rings is 1. The number of fused-ring (bicyclic) bond motifs is 1. The molecule has 4 aliphatic carbocycles. The van der Waals surface area contributed by atoms with Crippen LogP contribution >= 0.6 is 0 Å². The van der Waals surface area contributed by atoms with E-state index in [-0.39, 0.29) is 24.1 Å². The van der Waals surface area contributed by atoms with Gasteiger partial charge in [-0.3, -0.25) is 29.5 Å². The Kier molecular flexibility index (Phi) is 7.08. The van der Waals surface area contributed by atoms with Gasteiger partial charge in [-0.1, -0.05) is 6.07 Å². The number of piperazine rings is 1. The van der Waals surface area contributed by atoms with E-state index in [4.69, 9.17) is 4.74 Å². The molecule has 0 spiro atoms. The third-order valence-corrected chi connectivity index (χ3v) is 10.6. The van der Waals surface area contributed by atoms with Crippen molar-refractivity contribution in [2.45, 2.75) is 69.5 Å². The van der Waals surface area contributed by atoms with E-state index in [0.717, 1.165) is 74.9 Å². The van der Waals surface area contributed by atoms with E-state index in [0.29, 0.717) is 30.7 Å². The lowest BCUT2D eigenvalue weighted by atomic mass is 9.53. The maximum atomic E-state index is 13.0. The smallest absolute Gasteiger partial charge is 0.255 e. The van der Waals surface area contributed by atoms with Gasteiger partial charge in [0.15, 0.2) is 0 Å². The highest BCUT2D eigenvalue weighted by Gasteiger charge is 2.50. The maximum absolute atomic E-state index is 13.0. The fraction of sp³-hybridized carbons (Fsp3) is 0.710. The van der Waals surface area contributed by atoms with Gasteiger partial charge in [-0.25, -0.2) is 0 Å². The third kappa shape index (κ3) is 5.16. The fourth-order valence-electron chi connectivity index (χ4n) is 9.02. The summed E-state index contributed by atoms with van der Waals surface area (Å²) in [4.78, 5) is 43.6. The van der Waals surface area contributed by atoms with Crippen molar-refractivity contribution < 1.29 is 19.1 Å². The predicted octanol–water partition coefficient (Wildman–Crippen LogP) is 2.00. The number of ether oxygens (including phenoxy) is 1. The summed E-state index contributed by atoms with van der Waals surface area (Å²) in [6, 6.07) is 4.95. The average Bonchev–Trinajstić information content (AvgIpc) is 3.25. The van der Waals surface area contributed by atoms with Crippen molar-refractivity contribution in [2.24, 2.45) is 17.8 Å². The molecule has 6 fully saturated rings. The van der Waals surface area contributed by atoms with Crippen molar-refractivity contribution in [3.05, 3.63) is 29.3 Å². The van der Waals surface area contributed by atoms with Crippen molar-refractivity contribution >= 4 is 17.7 Å². The minimum absolute atomic E-state index is 0.163. The van der Waals surface area contributed by atoms with E-state index in [2.05, 4.69) is 20.4 Å². The van der Waals surface area contributed by atoms with Gasteiger partial charge in [0.25, 0.3) is 5.91 Å². The van der Waals surface area contributed by atoms with Gasteiger partial charge in [-0.05, 0) is 74.8 Å². The lowest BCUT2D eigenvalue weighted by Gasteiger charge is -2.57. The van der Waals surface area contributed by atoms with Crippen LogP contribution in [0.4, 0.5) is 0 Å². The number of amides is 3. The molecule has 3 aliphatic heterocycles. The molecule has 3 amide bonds. The monoisotopic (exact) mass is 549 g/mol. The maximum Gasteiger partial charge on any atom is 0.255 e. The molecule has 3 heterocycles. The molecule has 40 heavy (non-hydrogen) atoms. The van der Waals surface area contributed by atoms with E-state index in [1.54, 1.807) is 11.0 Å². The first-order valence-corrected chi connectivity index (χ1v) is 15.5. The largest absolute Gasteiger partial charge is 0.492 e. The quantitative estimate of drug-likeness (QED) is 0.455. The van der Waals surface area contributed by atoms with Crippen LogP contribution in [-0.4, -0.2) is 96.4 Å². The van der Waals surface area contributed by atoms with Crippen LogP contribution in [0.25, 0.3) is 0 Å². The number of nitrogens with zero attached hydrogens (tertiary/aromatic N) is 3. The summed E-state index contributed by atoms with van der Waals surface area (Å²) < 4.78 is 6.19. The molecule has 2 N–H and O–H groups in total. The van der Waals surface area contributed by atoms with Gasteiger partial charge < -0.3 is 15.0 Å². The van der Waals surface area contributed by atoms with Crippen molar-refractivity contribution in [3.8, 4) is 5.75 Å². The Bertz CT molecular complexity index is 1130. The van der Waals surface area contributed by atoms with Gasteiger partial charge in [0.2, 0.25) is 11.8 Å². The summed E-state index contributed by atoms with van der Waals surface area (Å²) in [7, 11) is 0.